The Balaban J connectivity index is 2.07. The van der Waals surface area contributed by atoms with Crippen LogP contribution in [0, 0.1) is 0 Å². The van der Waals surface area contributed by atoms with E-state index in [1.807, 2.05) is 6.92 Å². The molecule has 21 heavy (non-hydrogen) atoms. The van der Waals surface area contributed by atoms with Crippen LogP contribution in [0.5, 0.6) is 5.75 Å². The zero-order valence-electron chi connectivity index (χ0n) is 11.9. The van der Waals surface area contributed by atoms with Gasteiger partial charge in [-0.15, -0.1) is 0 Å². The molecule has 2 rings (SSSR count). The van der Waals surface area contributed by atoms with Crippen LogP contribution in [0.4, 0.5) is 0 Å². The van der Waals surface area contributed by atoms with Crippen LogP contribution >= 0.6 is 10.7 Å². The van der Waals surface area contributed by atoms with Gasteiger partial charge in [0.1, 0.15) is 5.75 Å². The summed E-state index contributed by atoms with van der Waals surface area (Å²) in [6.07, 6.45) is 1.62. The van der Waals surface area contributed by atoms with Crippen molar-refractivity contribution in [3.8, 4) is 5.75 Å². The van der Waals surface area contributed by atoms with E-state index in [2.05, 4.69) is 12.2 Å². The fourth-order valence-electron chi connectivity index (χ4n) is 2.36. The summed E-state index contributed by atoms with van der Waals surface area (Å²) in [6.45, 7) is 4.00. The molecule has 0 aromatic heterocycles. The Kier molecular flexibility index (Phi) is 4.78. The fraction of sp³-hybridized carbons (Fsp3) is 0.500. The van der Waals surface area contributed by atoms with E-state index < -0.39 is 15.2 Å². The van der Waals surface area contributed by atoms with Gasteiger partial charge in [0.15, 0.2) is 6.10 Å². The summed E-state index contributed by atoms with van der Waals surface area (Å²) < 4.78 is 28.2. The van der Waals surface area contributed by atoms with Gasteiger partial charge in [0.2, 0.25) is 0 Å². The van der Waals surface area contributed by atoms with E-state index in [0.29, 0.717) is 17.7 Å². The number of halogens is 1. The summed E-state index contributed by atoms with van der Waals surface area (Å²) in [7, 11) is 1.54. The highest BCUT2D eigenvalue weighted by Gasteiger charge is 2.30. The molecule has 1 N–H and O–H groups in total. The SMILES string of the molecule is CCCC(C)NC(=O)C1Cc2cc(S(=O)(=O)Cl)ccc2O1. The van der Waals surface area contributed by atoms with Gasteiger partial charge in [-0.05, 0) is 37.1 Å². The molecule has 2 atom stereocenters. The Morgan fingerprint density at radius 2 is 2.24 bits per heavy atom. The predicted octanol–water partition coefficient (Wildman–Crippen LogP) is 2.22. The van der Waals surface area contributed by atoms with Crippen molar-refractivity contribution < 1.29 is 17.9 Å². The molecular weight excluding hydrogens is 314 g/mol. The van der Waals surface area contributed by atoms with E-state index in [-0.39, 0.29) is 16.8 Å². The van der Waals surface area contributed by atoms with Crippen molar-refractivity contribution in [3.05, 3.63) is 23.8 Å². The van der Waals surface area contributed by atoms with Crippen molar-refractivity contribution in [2.75, 3.05) is 0 Å². The molecule has 2 unspecified atom stereocenters. The largest absolute Gasteiger partial charge is 0.480 e. The summed E-state index contributed by atoms with van der Waals surface area (Å²) >= 11 is 0. The third-order valence-corrected chi connectivity index (χ3v) is 4.74. The molecule has 1 aliphatic heterocycles. The molecule has 0 bridgehead atoms. The number of ether oxygens (including phenoxy) is 1. The lowest BCUT2D eigenvalue weighted by atomic mass is 10.1. The molecular formula is C14H18ClNO4S. The maximum Gasteiger partial charge on any atom is 0.261 e. The average molecular weight is 332 g/mol. The molecule has 116 valence electrons. The van der Waals surface area contributed by atoms with Crippen LogP contribution in [0.15, 0.2) is 23.1 Å². The molecule has 0 saturated heterocycles. The van der Waals surface area contributed by atoms with E-state index in [1.165, 1.54) is 18.2 Å². The van der Waals surface area contributed by atoms with Crippen LogP contribution in [-0.4, -0.2) is 26.5 Å². The normalized spacial score (nSPS) is 18.7. The topological polar surface area (TPSA) is 72.5 Å². The lowest BCUT2D eigenvalue weighted by Crippen LogP contribution is -2.42. The number of hydrogen-bond acceptors (Lipinski definition) is 4. The molecule has 1 aromatic rings. The molecule has 0 radical (unpaired) electrons. The first-order valence-electron chi connectivity index (χ1n) is 6.86. The third kappa shape index (κ3) is 3.89. The molecule has 1 aromatic carbocycles. The maximum absolute atomic E-state index is 12.1. The molecule has 5 nitrogen and oxygen atoms in total. The highest BCUT2D eigenvalue weighted by atomic mass is 35.7. The van der Waals surface area contributed by atoms with Gasteiger partial charge in [-0.25, -0.2) is 8.42 Å². The molecule has 0 spiro atoms. The van der Waals surface area contributed by atoms with Gasteiger partial charge in [0, 0.05) is 23.1 Å². The lowest BCUT2D eigenvalue weighted by molar-refractivity contribution is -0.127. The predicted molar refractivity (Wildman–Crippen MR) is 80.1 cm³/mol. The van der Waals surface area contributed by atoms with Gasteiger partial charge in [-0.2, -0.15) is 0 Å². The van der Waals surface area contributed by atoms with Crippen LogP contribution < -0.4 is 10.1 Å². The maximum atomic E-state index is 12.1. The Bertz CT molecular complexity index is 644. The molecule has 0 fully saturated rings. The second-order valence-corrected chi connectivity index (χ2v) is 7.78. The van der Waals surface area contributed by atoms with E-state index in [0.717, 1.165) is 12.8 Å². The van der Waals surface area contributed by atoms with E-state index >= 15 is 0 Å². The molecule has 1 heterocycles. The first-order chi connectivity index (χ1) is 9.81. The van der Waals surface area contributed by atoms with Gasteiger partial charge in [0.25, 0.3) is 15.0 Å². The second kappa shape index (κ2) is 6.23. The summed E-state index contributed by atoms with van der Waals surface area (Å²) in [5.41, 5.74) is 0.681. The number of carbonyl (C=O) groups excluding carboxylic acids is 1. The lowest BCUT2D eigenvalue weighted by Gasteiger charge is -2.16. The van der Waals surface area contributed by atoms with E-state index in [4.69, 9.17) is 15.4 Å². The number of hydrogen-bond donors (Lipinski definition) is 1. The Labute approximate surface area is 129 Å². The van der Waals surface area contributed by atoms with Crippen LogP contribution in [0.25, 0.3) is 0 Å². The summed E-state index contributed by atoms with van der Waals surface area (Å²) in [5, 5.41) is 2.89. The summed E-state index contributed by atoms with van der Waals surface area (Å²) in [6, 6.07) is 4.46. The van der Waals surface area contributed by atoms with Crippen LogP contribution in [0.3, 0.4) is 0 Å². The van der Waals surface area contributed by atoms with Crippen molar-refractivity contribution in [1.29, 1.82) is 0 Å². The van der Waals surface area contributed by atoms with Gasteiger partial charge in [-0.3, -0.25) is 4.79 Å². The number of fused-ring (bicyclic) bond motifs is 1. The van der Waals surface area contributed by atoms with E-state index in [1.54, 1.807) is 0 Å². The summed E-state index contributed by atoms with van der Waals surface area (Å²) in [5.74, 6) is 0.352. The van der Waals surface area contributed by atoms with Crippen molar-refractivity contribution in [3.63, 3.8) is 0 Å². The molecule has 0 aliphatic carbocycles. The Morgan fingerprint density at radius 3 is 2.86 bits per heavy atom. The number of amides is 1. The molecule has 1 amide bonds. The quantitative estimate of drug-likeness (QED) is 0.840. The molecule has 0 saturated carbocycles. The summed E-state index contributed by atoms with van der Waals surface area (Å²) in [4.78, 5) is 12.1. The van der Waals surface area contributed by atoms with Crippen molar-refractivity contribution >= 4 is 25.6 Å². The van der Waals surface area contributed by atoms with Crippen LogP contribution in [0.2, 0.25) is 0 Å². The smallest absolute Gasteiger partial charge is 0.261 e. The van der Waals surface area contributed by atoms with Gasteiger partial charge in [-0.1, -0.05) is 13.3 Å². The van der Waals surface area contributed by atoms with Crippen molar-refractivity contribution in [2.45, 2.75) is 50.2 Å². The van der Waals surface area contributed by atoms with Crippen molar-refractivity contribution in [2.24, 2.45) is 0 Å². The third-order valence-electron chi connectivity index (χ3n) is 3.39. The van der Waals surface area contributed by atoms with Gasteiger partial charge in [0.05, 0.1) is 4.90 Å². The number of carbonyl (C=O) groups is 1. The minimum Gasteiger partial charge on any atom is -0.480 e. The first kappa shape index (κ1) is 16.1. The zero-order chi connectivity index (χ0) is 15.6. The molecule has 7 heteroatoms. The highest BCUT2D eigenvalue weighted by molar-refractivity contribution is 8.13. The van der Waals surface area contributed by atoms with Gasteiger partial charge >= 0.3 is 0 Å². The van der Waals surface area contributed by atoms with Crippen molar-refractivity contribution in [1.82, 2.24) is 5.32 Å². The van der Waals surface area contributed by atoms with Crippen LogP contribution in [0.1, 0.15) is 32.3 Å². The first-order valence-corrected chi connectivity index (χ1v) is 9.16. The highest BCUT2D eigenvalue weighted by Crippen LogP contribution is 2.31. The average Bonchev–Trinajstić information content (AvgIpc) is 2.80. The number of nitrogens with one attached hydrogen (secondary N) is 1. The second-order valence-electron chi connectivity index (χ2n) is 5.22. The van der Waals surface area contributed by atoms with Crippen LogP contribution in [-0.2, 0) is 20.3 Å². The number of benzene rings is 1. The molecule has 1 aliphatic rings. The standard InChI is InChI=1S/C14H18ClNO4S/c1-3-4-9(2)16-14(17)13-8-10-7-11(21(15,18)19)5-6-12(10)20-13/h5-7,9,13H,3-4,8H2,1-2H3,(H,16,17). The number of rotatable bonds is 5. The minimum absolute atomic E-state index is 0.0203. The van der Waals surface area contributed by atoms with E-state index in [9.17, 15) is 13.2 Å². The zero-order valence-corrected chi connectivity index (χ0v) is 13.5. The fourth-order valence-corrected chi connectivity index (χ4v) is 3.17. The Hall–Kier alpha value is -1.27. The van der Waals surface area contributed by atoms with Gasteiger partial charge < -0.3 is 10.1 Å². The minimum atomic E-state index is -3.77. The Morgan fingerprint density at radius 1 is 1.52 bits per heavy atom. The monoisotopic (exact) mass is 331 g/mol.